The monoisotopic (exact) mass is 212 g/mol. The smallest absolute Gasteiger partial charge is 0.224 e. The molecule has 0 spiro atoms. The third kappa shape index (κ3) is 3.50. The third-order valence-corrected chi connectivity index (χ3v) is 1.52. The highest BCUT2D eigenvalue weighted by molar-refractivity contribution is 9.10. The molecule has 0 saturated heterocycles. The van der Waals surface area contributed by atoms with Gasteiger partial charge in [-0.05, 0) is 15.9 Å². The molecule has 0 aromatic heterocycles. The Morgan fingerprint density at radius 3 is 1.86 bits per heavy atom. The van der Waals surface area contributed by atoms with E-state index in [9.17, 15) is 8.78 Å². The van der Waals surface area contributed by atoms with Gasteiger partial charge in [0.15, 0.2) is 0 Å². The summed E-state index contributed by atoms with van der Waals surface area (Å²) in [5, 5.41) is 0. The molecular weight excluding hydrogens is 213 g/mol. The summed E-state index contributed by atoms with van der Waals surface area (Å²) in [6.07, 6.45) is 0. The van der Waals surface area contributed by atoms with E-state index in [0.29, 0.717) is 0 Å². The molecule has 0 nitrogen and oxygen atoms in total. The molecule has 0 fully saturated rings. The summed E-state index contributed by atoms with van der Waals surface area (Å²) in [6.45, 7) is 0. The van der Waals surface area contributed by atoms with E-state index in [1.807, 2.05) is 0 Å². The lowest BCUT2D eigenvalue weighted by Crippen LogP contribution is -2.13. The Hall–Kier alpha value is 0.920. The lowest BCUT2D eigenvalue weighted by molar-refractivity contribution is 0.282. The minimum Gasteiger partial charge on any atom is -0.224 e. The maximum Gasteiger partial charge on any atom is 0.282 e. The third-order valence-electron chi connectivity index (χ3n) is 0.247. The molecule has 0 aliphatic carbocycles. The molecule has 0 radical (unpaired) electrons. The Morgan fingerprint density at radius 2 is 1.86 bits per heavy atom. The van der Waals surface area contributed by atoms with Gasteiger partial charge in [-0.3, -0.25) is 0 Å². The quantitative estimate of drug-likeness (QED) is 0.588. The van der Waals surface area contributed by atoms with E-state index < -0.39 is 9.67 Å². The van der Waals surface area contributed by atoms with Gasteiger partial charge in [0.1, 0.15) is 0 Å². The van der Waals surface area contributed by atoms with Crippen LogP contribution >= 0.6 is 39.1 Å². The predicted octanol–water partition coefficient (Wildman–Crippen LogP) is 2.78. The summed E-state index contributed by atoms with van der Waals surface area (Å²) in [7, 11) is 0. The van der Waals surface area contributed by atoms with Crippen molar-refractivity contribution in [1.29, 1.82) is 0 Å². The van der Waals surface area contributed by atoms with Crippen LogP contribution in [0.3, 0.4) is 0 Å². The van der Waals surface area contributed by atoms with Gasteiger partial charge in [0.2, 0.25) is 5.63 Å². The molecule has 0 aromatic rings. The summed E-state index contributed by atoms with van der Waals surface area (Å²) < 4.78 is 20.5. The molecule has 0 saturated carbocycles. The van der Waals surface area contributed by atoms with Gasteiger partial charge in [0, 0.05) is 0 Å². The van der Waals surface area contributed by atoms with E-state index in [-0.39, 0.29) is 0 Å². The van der Waals surface area contributed by atoms with E-state index in [2.05, 4.69) is 39.1 Å². The molecule has 0 aromatic carbocycles. The molecule has 0 aliphatic rings. The van der Waals surface area contributed by atoms with Crippen LogP contribution in [0.25, 0.3) is 0 Å². The van der Waals surface area contributed by atoms with Crippen molar-refractivity contribution in [3.8, 4) is 0 Å². The number of rotatable bonds is 1. The second kappa shape index (κ2) is 2.46. The molecule has 0 N–H and O–H groups in total. The first-order chi connectivity index (χ1) is 2.94. The van der Waals surface area contributed by atoms with Crippen LogP contribution in [0.2, 0.25) is 0 Å². The summed E-state index contributed by atoms with van der Waals surface area (Å²) in [4.78, 5) is 0. The van der Waals surface area contributed by atoms with Gasteiger partial charge >= 0.3 is 0 Å². The van der Waals surface area contributed by atoms with Crippen molar-refractivity contribution in [2.24, 2.45) is 0 Å². The highest BCUT2D eigenvalue weighted by atomic mass is 79.9. The average Bonchev–Trinajstić information content (AvgIpc) is 1.31. The highest BCUT2D eigenvalue weighted by Crippen LogP contribution is 2.33. The average molecular weight is 214 g/mol. The number of hydrogen-bond acceptors (Lipinski definition) is 0. The van der Waals surface area contributed by atoms with E-state index in [1.54, 1.807) is 0 Å². The van der Waals surface area contributed by atoms with Gasteiger partial charge in [0.05, 0.1) is 0 Å². The van der Waals surface area contributed by atoms with Crippen LogP contribution in [0.4, 0.5) is 8.78 Å². The Bertz CT molecular complexity index is 59.2. The minimum atomic E-state index is -2.62. The maximum atomic E-state index is 11.7. The second-order valence-electron chi connectivity index (χ2n) is 0.842. The van der Waals surface area contributed by atoms with Crippen molar-refractivity contribution in [1.82, 2.24) is 0 Å². The molecule has 0 rings (SSSR count). The zero-order chi connectivity index (χ0) is 6.08. The van der Waals surface area contributed by atoms with Gasteiger partial charge in [-0.1, -0.05) is 23.2 Å². The van der Waals surface area contributed by atoms with Crippen LogP contribution in [-0.2, 0) is 0 Å². The SMILES string of the molecule is FC(Cl)C(F)(Cl)Br. The molecule has 2 unspecified atom stereocenters. The maximum absolute atomic E-state index is 11.7. The Balaban J connectivity index is 3.54. The first kappa shape index (κ1) is 7.92. The van der Waals surface area contributed by atoms with Gasteiger partial charge in [-0.15, -0.1) is 0 Å². The van der Waals surface area contributed by atoms with Gasteiger partial charge in [0.25, 0.3) is 4.04 Å². The van der Waals surface area contributed by atoms with Crippen LogP contribution in [0, 0.1) is 0 Å². The Morgan fingerprint density at radius 1 is 1.71 bits per heavy atom. The number of hydrogen-bond donors (Lipinski definition) is 0. The van der Waals surface area contributed by atoms with Crippen LogP contribution in [0.5, 0.6) is 0 Å². The minimum absolute atomic E-state index is 2.13. The fraction of sp³-hybridized carbons (Fsp3) is 1.00. The molecule has 0 amide bonds. The van der Waals surface area contributed by atoms with Gasteiger partial charge in [-0.2, -0.15) is 0 Å². The molecule has 5 heteroatoms. The highest BCUT2D eigenvalue weighted by Gasteiger charge is 2.32. The molecule has 0 bridgehead atoms. The van der Waals surface area contributed by atoms with Crippen LogP contribution in [0.15, 0.2) is 0 Å². The Kier molecular flexibility index (Phi) is 2.79. The first-order valence-corrected chi connectivity index (χ1v) is 2.90. The fourth-order valence-electron chi connectivity index (χ4n) is 0. The Labute approximate surface area is 57.9 Å². The summed E-state index contributed by atoms with van der Waals surface area (Å²) in [5.41, 5.74) is -2.21. The van der Waals surface area contributed by atoms with Crippen molar-refractivity contribution in [3.05, 3.63) is 0 Å². The standard InChI is InChI=1S/C2HBrCl2F2/c3-2(5,7)1(4)6/h1H. The van der Waals surface area contributed by atoms with Crippen molar-refractivity contribution in [2.75, 3.05) is 0 Å². The lowest BCUT2D eigenvalue weighted by atomic mass is 10.8. The summed E-state index contributed by atoms with van der Waals surface area (Å²) in [5.74, 6) is 0. The van der Waals surface area contributed by atoms with Crippen molar-refractivity contribution in [2.45, 2.75) is 9.67 Å². The lowest BCUT2D eigenvalue weighted by Gasteiger charge is -2.06. The number of alkyl halides is 5. The van der Waals surface area contributed by atoms with E-state index in [4.69, 9.17) is 0 Å². The molecular formula is C2HBrCl2F2. The fourth-order valence-corrected chi connectivity index (χ4v) is 0. The van der Waals surface area contributed by atoms with Crippen LogP contribution in [0.1, 0.15) is 0 Å². The predicted molar refractivity (Wildman–Crippen MR) is 29.4 cm³/mol. The van der Waals surface area contributed by atoms with E-state index in [1.165, 1.54) is 0 Å². The molecule has 7 heavy (non-hydrogen) atoms. The van der Waals surface area contributed by atoms with Crippen molar-refractivity contribution < 1.29 is 8.78 Å². The van der Waals surface area contributed by atoms with Gasteiger partial charge in [-0.25, -0.2) is 8.78 Å². The molecule has 0 aliphatic heterocycles. The largest absolute Gasteiger partial charge is 0.282 e. The van der Waals surface area contributed by atoms with E-state index >= 15 is 0 Å². The first-order valence-electron chi connectivity index (χ1n) is 1.29. The molecule has 44 valence electrons. The number of halogens is 5. The van der Waals surface area contributed by atoms with Crippen molar-refractivity contribution >= 4 is 39.1 Å². The zero-order valence-corrected chi connectivity index (χ0v) is 6.07. The van der Waals surface area contributed by atoms with Crippen molar-refractivity contribution in [3.63, 3.8) is 0 Å². The topological polar surface area (TPSA) is 0 Å². The molecule has 0 heterocycles. The van der Waals surface area contributed by atoms with Crippen LogP contribution in [-0.4, -0.2) is 9.67 Å². The normalized spacial score (nSPS) is 23.6. The van der Waals surface area contributed by atoms with E-state index in [0.717, 1.165) is 0 Å². The van der Waals surface area contributed by atoms with Gasteiger partial charge < -0.3 is 0 Å². The second-order valence-corrected chi connectivity index (χ2v) is 3.39. The summed E-state index contributed by atoms with van der Waals surface area (Å²) >= 11 is 11.3. The molecule has 2 atom stereocenters. The van der Waals surface area contributed by atoms with Crippen LogP contribution < -0.4 is 0 Å². The zero-order valence-electron chi connectivity index (χ0n) is 2.97. The summed E-state index contributed by atoms with van der Waals surface area (Å²) in [6, 6.07) is 0.